The van der Waals surface area contributed by atoms with Gasteiger partial charge in [-0.3, -0.25) is 19.8 Å². The minimum atomic E-state index is -0.566. The van der Waals surface area contributed by atoms with Crippen LogP contribution < -0.4 is 10.6 Å². The number of hydrogen-bond donors (Lipinski definition) is 1. The van der Waals surface area contributed by atoms with Crippen LogP contribution in [0.3, 0.4) is 0 Å². The van der Waals surface area contributed by atoms with Crippen LogP contribution in [0.25, 0.3) is 0 Å². The number of hydrogen-bond acceptors (Lipinski definition) is 8. The number of nitrogens with zero attached hydrogens (tertiary/aromatic N) is 3. The molecule has 1 aromatic heterocycles. The number of nitro benzene ring substituents is 1. The Kier molecular flexibility index (Phi) is 6.03. The predicted molar refractivity (Wildman–Crippen MR) is 127 cm³/mol. The zero-order chi connectivity index (χ0) is 23.2. The van der Waals surface area contributed by atoms with Gasteiger partial charge in [0.2, 0.25) is 0 Å². The van der Waals surface area contributed by atoms with Crippen molar-refractivity contribution in [1.29, 1.82) is 5.26 Å². The molecule has 2 heterocycles. The van der Waals surface area contributed by atoms with E-state index in [2.05, 4.69) is 6.07 Å². The second-order valence-electron chi connectivity index (χ2n) is 7.51. The van der Waals surface area contributed by atoms with E-state index >= 15 is 0 Å². The minimum absolute atomic E-state index is 0.0426. The van der Waals surface area contributed by atoms with Crippen LogP contribution in [0.5, 0.6) is 0 Å². The molecule has 0 fully saturated rings. The van der Waals surface area contributed by atoms with E-state index in [9.17, 15) is 20.2 Å². The van der Waals surface area contributed by atoms with E-state index in [-0.39, 0.29) is 27.9 Å². The molecule has 0 spiro atoms. The van der Waals surface area contributed by atoms with Gasteiger partial charge in [-0.1, -0.05) is 11.6 Å². The molecule has 164 valence electrons. The number of halogens is 1. The van der Waals surface area contributed by atoms with E-state index in [0.717, 1.165) is 14.6 Å². The number of non-ortho nitro benzene ring substituents is 1. The summed E-state index contributed by atoms with van der Waals surface area (Å²) in [6.07, 6.45) is 3.51. The van der Waals surface area contributed by atoms with Crippen LogP contribution in [0.4, 0.5) is 11.4 Å². The number of nitro groups is 1. The molecule has 0 saturated heterocycles. The fourth-order valence-corrected chi connectivity index (χ4v) is 6.45. The zero-order valence-electron chi connectivity index (χ0n) is 17.3. The van der Waals surface area contributed by atoms with Crippen LogP contribution in [-0.4, -0.2) is 17.0 Å². The molecule has 0 bridgehead atoms. The zero-order valence-corrected chi connectivity index (χ0v) is 19.7. The van der Waals surface area contributed by atoms with E-state index in [1.165, 1.54) is 18.2 Å². The lowest BCUT2D eigenvalue weighted by atomic mass is 9.76. The van der Waals surface area contributed by atoms with Gasteiger partial charge < -0.3 is 5.73 Å². The summed E-state index contributed by atoms with van der Waals surface area (Å²) in [6.45, 7) is 1.99. The van der Waals surface area contributed by atoms with Crippen molar-refractivity contribution in [3.05, 3.63) is 72.5 Å². The lowest BCUT2D eigenvalue weighted by Crippen LogP contribution is -2.38. The molecule has 1 aliphatic carbocycles. The number of anilines is 1. The second-order valence-corrected chi connectivity index (χ2v) is 10.3. The monoisotopic (exact) mass is 486 g/mol. The third-order valence-electron chi connectivity index (χ3n) is 5.64. The highest BCUT2D eigenvalue weighted by atomic mass is 35.5. The number of rotatable bonds is 4. The molecular formula is C22H19ClN4O3S2. The summed E-state index contributed by atoms with van der Waals surface area (Å²) in [7, 11) is 0. The number of thioether (sulfide) groups is 1. The van der Waals surface area contributed by atoms with Gasteiger partial charge in [0.15, 0.2) is 5.78 Å². The van der Waals surface area contributed by atoms with Crippen LogP contribution in [-0.2, 0) is 4.79 Å². The molecule has 0 radical (unpaired) electrons. The average Bonchev–Trinajstić information content (AvgIpc) is 3.14. The van der Waals surface area contributed by atoms with Crippen LogP contribution in [0.15, 0.2) is 51.1 Å². The summed E-state index contributed by atoms with van der Waals surface area (Å²) >= 11 is 9.61. The third kappa shape index (κ3) is 3.58. The van der Waals surface area contributed by atoms with Crippen molar-refractivity contribution in [1.82, 2.24) is 0 Å². The standard InChI is InChI=1S/C22H19ClN4O3S2/c1-11-8-13(22(31-2)32-11)19-14(10-24)21(25)26(16-4-3-5-18(28)20(16)19)17-9-12(27(29)30)6-7-15(17)23/h6-9,19H,3-5,25H2,1-2H3/t19-/m0/s1. The molecule has 10 heteroatoms. The molecule has 2 aromatic rings. The fourth-order valence-electron chi connectivity index (χ4n) is 4.33. The van der Waals surface area contributed by atoms with Crippen LogP contribution >= 0.6 is 34.7 Å². The van der Waals surface area contributed by atoms with Gasteiger partial charge in [-0.15, -0.1) is 23.1 Å². The van der Waals surface area contributed by atoms with Gasteiger partial charge in [0, 0.05) is 34.7 Å². The number of carbonyl (C=O) groups is 1. The average molecular weight is 487 g/mol. The van der Waals surface area contributed by atoms with Crippen molar-refractivity contribution >= 4 is 51.9 Å². The number of thiophene rings is 1. The molecule has 32 heavy (non-hydrogen) atoms. The minimum Gasteiger partial charge on any atom is -0.384 e. The summed E-state index contributed by atoms with van der Waals surface area (Å²) < 4.78 is 1.03. The first-order chi connectivity index (χ1) is 15.3. The highest BCUT2D eigenvalue weighted by Crippen LogP contribution is 2.50. The number of nitriles is 1. The fraction of sp³-hybridized carbons (Fsp3) is 0.273. The quantitative estimate of drug-likeness (QED) is 0.337. The molecule has 1 aromatic carbocycles. The maximum atomic E-state index is 13.2. The van der Waals surface area contributed by atoms with Crippen molar-refractivity contribution in [2.24, 2.45) is 5.73 Å². The Morgan fingerprint density at radius 3 is 2.78 bits per heavy atom. The Labute approximate surface area is 198 Å². The molecule has 0 saturated carbocycles. The first-order valence-electron chi connectivity index (χ1n) is 9.82. The van der Waals surface area contributed by atoms with Crippen LogP contribution in [0.2, 0.25) is 5.02 Å². The molecule has 2 N–H and O–H groups in total. The van der Waals surface area contributed by atoms with Crippen LogP contribution in [0, 0.1) is 28.4 Å². The summed E-state index contributed by atoms with van der Waals surface area (Å²) in [5, 5.41) is 21.7. The Morgan fingerprint density at radius 1 is 1.38 bits per heavy atom. The van der Waals surface area contributed by atoms with Gasteiger partial charge in [0.1, 0.15) is 5.82 Å². The first kappa shape index (κ1) is 22.4. The number of benzene rings is 1. The van der Waals surface area contributed by atoms with Gasteiger partial charge in [-0.05, 0) is 43.7 Å². The Balaban J connectivity index is 2.02. The van der Waals surface area contributed by atoms with E-state index in [4.69, 9.17) is 17.3 Å². The molecule has 0 amide bonds. The Morgan fingerprint density at radius 2 is 2.12 bits per heavy atom. The maximum absolute atomic E-state index is 13.2. The number of aryl methyl sites for hydroxylation is 1. The maximum Gasteiger partial charge on any atom is 0.271 e. The molecule has 2 aliphatic rings. The lowest BCUT2D eigenvalue weighted by molar-refractivity contribution is -0.384. The topological polar surface area (TPSA) is 113 Å². The number of Topliss-reactive ketones (excluding diaryl/α,β-unsaturated/α-hetero) is 1. The predicted octanol–water partition coefficient (Wildman–Crippen LogP) is 5.64. The number of carbonyl (C=O) groups excluding carboxylic acids is 1. The lowest BCUT2D eigenvalue weighted by Gasteiger charge is -2.39. The van der Waals surface area contributed by atoms with Crippen molar-refractivity contribution < 1.29 is 9.72 Å². The summed E-state index contributed by atoms with van der Waals surface area (Å²) in [5.41, 5.74) is 9.00. The molecule has 4 rings (SSSR count). The Bertz CT molecular complexity index is 1260. The Hall–Kier alpha value is -2.80. The molecular weight excluding hydrogens is 468 g/mol. The highest BCUT2D eigenvalue weighted by molar-refractivity contribution is 8.00. The van der Waals surface area contributed by atoms with Crippen molar-refractivity contribution in [3.8, 4) is 6.07 Å². The van der Waals surface area contributed by atoms with E-state index in [1.54, 1.807) is 28.0 Å². The smallest absolute Gasteiger partial charge is 0.271 e. The second kappa shape index (κ2) is 8.62. The normalized spacial score (nSPS) is 18.6. The van der Waals surface area contributed by atoms with Gasteiger partial charge in [-0.2, -0.15) is 5.26 Å². The highest BCUT2D eigenvalue weighted by Gasteiger charge is 2.42. The summed E-state index contributed by atoms with van der Waals surface area (Å²) in [5.74, 6) is -0.466. The van der Waals surface area contributed by atoms with E-state index in [1.807, 2.05) is 19.2 Å². The van der Waals surface area contributed by atoms with Crippen molar-refractivity contribution in [2.45, 2.75) is 36.3 Å². The summed E-state index contributed by atoms with van der Waals surface area (Å²) in [4.78, 5) is 26.7. The van der Waals surface area contributed by atoms with Crippen LogP contribution in [0.1, 0.15) is 35.6 Å². The van der Waals surface area contributed by atoms with Gasteiger partial charge in [0.25, 0.3) is 5.69 Å². The van der Waals surface area contributed by atoms with E-state index in [0.29, 0.717) is 36.2 Å². The number of allylic oxidation sites excluding steroid dienone is 3. The summed E-state index contributed by atoms with van der Waals surface area (Å²) in [6, 6.07) is 8.30. The first-order valence-corrected chi connectivity index (χ1v) is 12.2. The van der Waals surface area contributed by atoms with Gasteiger partial charge >= 0.3 is 0 Å². The van der Waals surface area contributed by atoms with Gasteiger partial charge in [0.05, 0.1) is 37.4 Å². The number of nitrogens with two attached hydrogens (primary N) is 1. The largest absolute Gasteiger partial charge is 0.384 e. The number of ketones is 1. The molecule has 1 atom stereocenters. The van der Waals surface area contributed by atoms with Gasteiger partial charge in [-0.25, -0.2) is 0 Å². The molecule has 0 unspecified atom stereocenters. The molecule has 1 aliphatic heterocycles. The van der Waals surface area contributed by atoms with Crippen molar-refractivity contribution in [2.75, 3.05) is 11.2 Å². The van der Waals surface area contributed by atoms with E-state index < -0.39 is 10.8 Å². The van der Waals surface area contributed by atoms with Crippen molar-refractivity contribution in [3.63, 3.8) is 0 Å². The molecule has 7 nitrogen and oxygen atoms in total. The SMILES string of the molecule is CSc1sc(C)cc1[C@H]1C(C#N)=C(N)N(c2cc([N+](=O)[O-])ccc2Cl)C2=C1C(=O)CCC2. The third-order valence-corrected chi connectivity index (χ3v) is 8.18.